The molecule has 0 aromatic carbocycles. The number of hydrogen-bond donors (Lipinski definition) is 1. The number of likely N-dealkylation sites (tertiary alicyclic amines) is 1. The van der Waals surface area contributed by atoms with Gasteiger partial charge in [0.25, 0.3) is 0 Å². The van der Waals surface area contributed by atoms with Gasteiger partial charge >= 0.3 is 0 Å². The number of rotatable bonds is 3. The maximum absolute atomic E-state index is 13.1. The number of carbonyl (C=O) groups is 1. The molecule has 26 heavy (non-hydrogen) atoms. The van der Waals surface area contributed by atoms with E-state index in [0.717, 1.165) is 29.9 Å². The van der Waals surface area contributed by atoms with E-state index >= 15 is 0 Å². The van der Waals surface area contributed by atoms with Crippen molar-refractivity contribution >= 4 is 5.91 Å². The first kappa shape index (κ1) is 16.7. The maximum atomic E-state index is 13.1. The van der Waals surface area contributed by atoms with Crippen LogP contribution in [0.15, 0.2) is 24.4 Å². The second-order valence-electron chi connectivity index (χ2n) is 9.72. The van der Waals surface area contributed by atoms with Crippen molar-refractivity contribution in [2.45, 2.75) is 63.4 Å². The lowest BCUT2D eigenvalue weighted by atomic mass is 9.49. The van der Waals surface area contributed by atoms with Gasteiger partial charge in [0.2, 0.25) is 5.91 Å². The molecule has 1 aromatic rings. The van der Waals surface area contributed by atoms with E-state index in [0.29, 0.717) is 37.3 Å². The molecule has 1 amide bonds. The minimum absolute atomic E-state index is 0.306. The van der Waals surface area contributed by atoms with Crippen LogP contribution in [0.3, 0.4) is 0 Å². The van der Waals surface area contributed by atoms with Crippen LogP contribution in [0.5, 0.6) is 0 Å². The van der Waals surface area contributed by atoms with Crippen molar-refractivity contribution in [1.82, 2.24) is 9.88 Å². The zero-order chi connectivity index (χ0) is 17.8. The Bertz CT molecular complexity index is 643. The Hall–Kier alpha value is -1.42. The van der Waals surface area contributed by atoms with Gasteiger partial charge < -0.3 is 10.0 Å². The van der Waals surface area contributed by atoms with E-state index in [1.807, 2.05) is 23.1 Å². The van der Waals surface area contributed by atoms with Gasteiger partial charge in [0.05, 0.1) is 5.69 Å². The average Bonchev–Trinajstić information content (AvgIpc) is 2.61. The topological polar surface area (TPSA) is 53.4 Å². The van der Waals surface area contributed by atoms with E-state index in [1.165, 1.54) is 38.5 Å². The highest BCUT2D eigenvalue weighted by molar-refractivity contribution is 5.77. The molecule has 5 aliphatic rings. The average molecular weight is 354 g/mol. The van der Waals surface area contributed by atoms with Crippen LogP contribution in [0.25, 0.3) is 0 Å². The van der Waals surface area contributed by atoms with Crippen molar-refractivity contribution < 1.29 is 9.90 Å². The van der Waals surface area contributed by atoms with E-state index in [4.69, 9.17) is 0 Å². The first-order valence-corrected chi connectivity index (χ1v) is 10.5. The van der Waals surface area contributed by atoms with Crippen LogP contribution >= 0.6 is 0 Å². The molecule has 6 rings (SSSR count). The lowest BCUT2D eigenvalue weighted by Gasteiger charge is -2.57. The smallest absolute Gasteiger partial charge is 0.223 e. The minimum atomic E-state index is -0.876. The molecule has 1 aromatic heterocycles. The van der Waals surface area contributed by atoms with Crippen molar-refractivity contribution in [3.63, 3.8) is 0 Å². The Balaban J connectivity index is 1.23. The van der Waals surface area contributed by atoms with Crippen LogP contribution in [0, 0.1) is 23.2 Å². The standard InChI is InChI=1S/C22H30N2O2/c25-20(15-21-12-16-9-17(13-21)11-18(10-16)14-21)24-7-4-22(26,5-8-24)19-3-1-2-6-23-19/h1-3,6,16-18,26H,4-5,7-15H2. The molecule has 0 radical (unpaired) electrons. The van der Waals surface area contributed by atoms with Crippen molar-refractivity contribution in [3.05, 3.63) is 30.1 Å². The van der Waals surface area contributed by atoms with Gasteiger partial charge in [-0.05, 0) is 86.7 Å². The number of aromatic nitrogens is 1. The maximum Gasteiger partial charge on any atom is 0.223 e. The molecular formula is C22H30N2O2. The minimum Gasteiger partial charge on any atom is -0.383 e. The summed E-state index contributed by atoms with van der Waals surface area (Å²) >= 11 is 0. The lowest BCUT2D eigenvalue weighted by molar-refractivity contribution is -0.143. The van der Waals surface area contributed by atoms with Gasteiger partial charge in [0, 0.05) is 25.7 Å². The van der Waals surface area contributed by atoms with E-state index in [-0.39, 0.29) is 0 Å². The van der Waals surface area contributed by atoms with E-state index in [9.17, 15) is 9.90 Å². The largest absolute Gasteiger partial charge is 0.383 e. The van der Waals surface area contributed by atoms with Gasteiger partial charge in [-0.25, -0.2) is 0 Å². The summed E-state index contributed by atoms with van der Waals surface area (Å²) in [5, 5.41) is 10.9. The molecule has 4 nitrogen and oxygen atoms in total. The Morgan fingerprint density at radius 2 is 1.69 bits per heavy atom. The molecule has 5 fully saturated rings. The number of carbonyl (C=O) groups excluding carboxylic acids is 1. The first-order chi connectivity index (χ1) is 12.5. The Labute approximate surface area is 156 Å². The molecule has 1 N–H and O–H groups in total. The third-order valence-corrected chi connectivity index (χ3v) is 7.78. The Morgan fingerprint density at radius 3 is 2.23 bits per heavy atom. The van der Waals surface area contributed by atoms with Crippen molar-refractivity contribution in [2.75, 3.05) is 13.1 Å². The molecule has 4 heteroatoms. The fourth-order valence-corrected chi connectivity index (χ4v) is 6.96. The van der Waals surface area contributed by atoms with Crippen molar-refractivity contribution in [3.8, 4) is 0 Å². The number of piperidine rings is 1. The Morgan fingerprint density at radius 1 is 1.08 bits per heavy atom. The fourth-order valence-electron chi connectivity index (χ4n) is 6.96. The monoisotopic (exact) mass is 354 g/mol. The molecule has 1 saturated heterocycles. The normalized spacial score (nSPS) is 37.7. The third-order valence-electron chi connectivity index (χ3n) is 7.78. The molecule has 1 aliphatic heterocycles. The summed E-state index contributed by atoms with van der Waals surface area (Å²) in [6, 6.07) is 5.69. The molecule has 2 heterocycles. The van der Waals surface area contributed by atoms with Crippen LogP contribution in [0.2, 0.25) is 0 Å². The second-order valence-corrected chi connectivity index (χ2v) is 9.72. The fraction of sp³-hybridized carbons (Fsp3) is 0.727. The van der Waals surface area contributed by atoms with Gasteiger partial charge in [0.1, 0.15) is 5.60 Å². The molecule has 4 saturated carbocycles. The summed E-state index contributed by atoms with van der Waals surface area (Å²) in [5.41, 5.74) is 0.174. The number of aliphatic hydroxyl groups is 1. The van der Waals surface area contributed by atoms with Crippen LogP contribution in [-0.2, 0) is 10.4 Å². The highest BCUT2D eigenvalue weighted by Crippen LogP contribution is 2.61. The highest BCUT2D eigenvalue weighted by Gasteiger charge is 2.52. The summed E-state index contributed by atoms with van der Waals surface area (Å²) < 4.78 is 0. The van der Waals surface area contributed by atoms with Gasteiger partial charge in [0.15, 0.2) is 0 Å². The SMILES string of the molecule is O=C(CC12CC3CC(CC(C3)C1)C2)N1CCC(O)(c2ccccn2)CC1. The van der Waals surface area contributed by atoms with Crippen LogP contribution in [0.1, 0.15) is 63.5 Å². The summed E-state index contributed by atoms with van der Waals surface area (Å²) in [5.74, 6) is 3.01. The number of pyridine rings is 1. The number of amides is 1. The summed E-state index contributed by atoms with van der Waals surface area (Å²) in [6.45, 7) is 1.30. The predicted molar refractivity (Wildman–Crippen MR) is 99.2 cm³/mol. The van der Waals surface area contributed by atoms with E-state index < -0.39 is 5.60 Å². The van der Waals surface area contributed by atoms with E-state index in [2.05, 4.69) is 4.98 Å². The molecule has 0 spiro atoms. The van der Waals surface area contributed by atoms with Crippen LogP contribution < -0.4 is 0 Å². The zero-order valence-electron chi connectivity index (χ0n) is 15.6. The highest BCUT2D eigenvalue weighted by atomic mass is 16.3. The molecular weight excluding hydrogens is 324 g/mol. The summed E-state index contributed by atoms with van der Waals surface area (Å²) in [4.78, 5) is 19.4. The van der Waals surface area contributed by atoms with Gasteiger partial charge in [-0.2, -0.15) is 0 Å². The second kappa shape index (κ2) is 6.05. The summed E-state index contributed by atoms with van der Waals surface area (Å²) in [6.07, 6.45) is 11.8. The van der Waals surface area contributed by atoms with Gasteiger partial charge in [-0.1, -0.05) is 6.07 Å². The number of nitrogens with zero attached hydrogens (tertiary/aromatic N) is 2. The third kappa shape index (κ3) is 2.87. The molecule has 4 aliphatic carbocycles. The quantitative estimate of drug-likeness (QED) is 0.904. The summed E-state index contributed by atoms with van der Waals surface area (Å²) in [7, 11) is 0. The first-order valence-electron chi connectivity index (χ1n) is 10.5. The predicted octanol–water partition coefficient (Wildman–Crippen LogP) is 3.50. The van der Waals surface area contributed by atoms with E-state index in [1.54, 1.807) is 6.20 Å². The van der Waals surface area contributed by atoms with Gasteiger partial charge in [-0.15, -0.1) is 0 Å². The lowest BCUT2D eigenvalue weighted by Crippen LogP contribution is -2.50. The van der Waals surface area contributed by atoms with Gasteiger partial charge in [-0.3, -0.25) is 9.78 Å². The van der Waals surface area contributed by atoms with Crippen molar-refractivity contribution in [2.24, 2.45) is 23.2 Å². The molecule has 140 valence electrons. The zero-order valence-corrected chi connectivity index (χ0v) is 15.6. The molecule has 4 bridgehead atoms. The van der Waals surface area contributed by atoms with Crippen LogP contribution in [-0.4, -0.2) is 34.0 Å². The number of hydrogen-bond acceptors (Lipinski definition) is 3. The molecule has 0 unspecified atom stereocenters. The van der Waals surface area contributed by atoms with Crippen LogP contribution in [0.4, 0.5) is 0 Å². The Kier molecular flexibility index (Phi) is 3.89. The van der Waals surface area contributed by atoms with Crippen molar-refractivity contribution in [1.29, 1.82) is 0 Å². The molecule has 0 atom stereocenters.